The minimum Gasteiger partial charge on any atom is -0.495 e. The number of hydrogen-bond acceptors (Lipinski definition) is 4. The number of carbonyl (C=O) groups excluding carboxylic acids is 1. The molecule has 1 atom stereocenters. The second kappa shape index (κ2) is 7.54. The highest BCUT2D eigenvalue weighted by molar-refractivity contribution is 6.04. The van der Waals surface area contributed by atoms with Gasteiger partial charge in [0.05, 0.1) is 18.9 Å². The van der Waals surface area contributed by atoms with E-state index in [1.807, 2.05) is 6.92 Å². The van der Waals surface area contributed by atoms with Crippen LogP contribution in [0.15, 0.2) is 42.5 Å². The number of nitrogens with one attached hydrogen (secondary N) is 1. The molecule has 0 aliphatic carbocycles. The van der Waals surface area contributed by atoms with Crippen molar-refractivity contribution in [3.8, 4) is 11.5 Å². The molecule has 0 fully saturated rings. The first-order chi connectivity index (χ1) is 11.0. The van der Waals surface area contributed by atoms with Gasteiger partial charge in [-0.25, -0.2) is 0 Å². The number of methoxy groups -OCH3 is 1. The summed E-state index contributed by atoms with van der Waals surface area (Å²) in [4.78, 5) is 12.2. The zero-order chi connectivity index (χ0) is 16.8. The van der Waals surface area contributed by atoms with E-state index in [2.05, 4.69) is 12.2 Å². The van der Waals surface area contributed by atoms with Crippen LogP contribution in [0.3, 0.4) is 0 Å². The third-order valence-corrected chi connectivity index (χ3v) is 3.52. The molecular weight excluding hydrogens is 292 g/mol. The minimum absolute atomic E-state index is 0.150. The molecule has 5 heteroatoms. The lowest BCUT2D eigenvalue weighted by molar-refractivity contribution is 0.102. The smallest absolute Gasteiger partial charge is 0.255 e. The summed E-state index contributed by atoms with van der Waals surface area (Å²) < 4.78 is 10.8. The summed E-state index contributed by atoms with van der Waals surface area (Å²) in [6, 6.07) is 12.2. The van der Waals surface area contributed by atoms with Gasteiger partial charge in [-0.1, -0.05) is 6.92 Å². The summed E-state index contributed by atoms with van der Waals surface area (Å²) in [5, 5.41) is 2.81. The predicted octanol–water partition coefficient (Wildman–Crippen LogP) is 3.71. The maximum atomic E-state index is 12.2. The van der Waals surface area contributed by atoms with E-state index in [1.165, 1.54) is 0 Å². The minimum atomic E-state index is -0.204. The van der Waals surface area contributed by atoms with E-state index >= 15 is 0 Å². The number of nitrogens with two attached hydrogens (primary N) is 1. The first-order valence-corrected chi connectivity index (χ1v) is 7.55. The van der Waals surface area contributed by atoms with E-state index in [1.54, 1.807) is 49.6 Å². The van der Waals surface area contributed by atoms with Crippen molar-refractivity contribution < 1.29 is 14.3 Å². The Morgan fingerprint density at radius 2 is 1.91 bits per heavy atom. The van der Waals surface area contributed by atoms with Crippen LogP contribution in [0.1, 0.15) is 30.6 Å². The Morgan fingerprint density at radius 3 is 2.48 bits per heavy atom. The van der Waals surface area contributed by atoms with Crippen LogP contribution in [0.2, 0.25) is 0 Å². The van der Waals surface area contributed by atoms with Gasteiger partial charge < -0.3 is 20.5 Å². The van der Waals surface area contributed by atoms with E-state index in [0.29, 0.717) is 22.7 Å². The van der Waals surface area contributed by atoms with Gasteiger partial charge in [-0.2, -0.15) is 0 Å². The highest BCUT2D eigenvalue weighted by Gasteiger charge is 2.09. The highest BCUT2D eigenvalue weighted by Crippen LogP contribution is 2.25. The quantitative estimate of drug-likeness (QED) is 0.797. The number of ether oxygens (including phenoxy) is 2. The van der Waals surface area contributed by atoms with Gasteiger partial charge in [0.15, 0.2) is 0 Å². The average molecular weight is 314 g/mol. The normalized spacial score (nSPS) is 11.6. The van der Waals surface area contributed by atoms with E-state index in [4.69, 9.17) is 15.2 Å². The van der Waals surface area contributed by atoms with Gasteiger partial charge >= 0.3 is 0 Å². The lowest BCUT2D eigenvalue weighted by Gasteiger charge is -2.13. The van der Waals surface area contributed by atoms with Gasteiger partial charge in [0.2, 0.25) is 0 Å². The number of carbonyl (C=O) groups is 1. The van der Waals surface area contributed by atoms with Crippen LogP contribution in [0.25, 0.3) is 0 Å². The van der Waals surface area contributed by atoms with Crippen molar-refractivity contribution in [2.45, 2.75) is 26.4 Å². The molecule has 3 N–H and O–H groups in total. The van der Waals surface area contributed by atoms with Crippen molar-refractivity contribution in [2.75, 3.05) is 18.2 Å². The molecule has 2 aromatic rings. The standard InChI is InChI=1S/C18H22N2O3/c1-4-12(2)23-15-8-5-13(6-9-15)18(21)20-14-7-10-17(22-3)16(19)11-14/h5-12H,4,19H2,1-3H3,(H,20,21). The summed E-state index contributed by atoms with van der Waals surface area (Å²) in [5.41, 5.74) is 7.48. The van der Waals surface area contributed by atoms with Gasteiger partial charge in [0, 0.05) is 11.3 Å². The highest BCUT2D eigenvalue weighted by atomic mass is 16.5. The summed E-state index contributed by atoms with van der Waals surface area (Å²) in [5.74, 6) is 1.13. The Bertz CT molecular complexity index is 668. The van der Waals surface area contributed by atoms with Gasteiger partial charge in [-0.05, 0) is 55.8 Å². The average Bonchev–Trinajstić information content (AvgIpc) is 2.55. The Kier molecular flexibility index (Phi) is 5.46. The second-order valence-electron chi connectivity index (χ2n) is 5.27. The number of rotatable bonds is 6. The van der Waals surface area contributed by atoms with Gasteiger partial charge in [-0.3, -0.25) is 4.79 Å². The molecule has 0 spiro atoms. The zero-order valence-electron chi connectivity index (χ0n) is 13.6. The first-order valence-electron chi connectivity index (χ1n) is 7.55. The molecule has 5 nitrogen and oxygen atoms in total. The van der Waals surface area contributed by atoms with Gasteiger partial charge in [0.1, 0.15) is 11.5 Å². The molecule has 0 heterocycles. The number of anilines is 2. The summed E-state index contributed by atoms with van der Waals surface area (Å²) in [6.07, 6.45) is 1.08. The molecule has 2 aromatic carbocycles. The Hall–Kier alpha value is -2.69. The second-order valence-corrected chi connectivity index (χ2v) is 5.27. The van der Waals surface area contributed by atoms with Crippen molar-refractivity contribution in [3.05, 3.63) is 48.0 Å². The molecule has 0 aromatic heterocycles. The molecule has 0 bridgehead atoms. The molecule has 0 saturated carbocycles. The van der Waals surface area contributed by atoms with E-state index < -0.39 is 0 Å². The van der Waals surface area contributed by atoms with Crippen LogP contribution in [-0.4, -0.2) is 19.1 Å². The van der Waals surface area contributed by atoms with Crippen LogP contribution in [0, 0.1) is 0 Å². The van der Waals surface area contributed by atoms with Crippen molar-refractivity contribution in [2.24, 2.45) is 0 Å². The maximum absolute atomic E-state index is 12.2. The Balaban J connectivity index is 2.04. The molecule has 2 rings (SSSR count). The lowest BCUT2D eigenvalue weighted by atomic mass is 10.2. The molecular formula is C18H22N2O3. The van der Waals surface area contributed by atoms with E-state index in [0.717, 1.165) is 12.2 Å². The fourth-order valence-electron chi connectivity index (χ4n) is 2.02. The molecule has 23 heavy (non-hydrogen) atoms. The maximum Gasteiger partial charge on any atom is 0.255 e. The number of benzene rings is 2. The van der Waals surface area contributed by atoms with Crippen LogP contribution in [-0.2, 0) is 0 Å². The third-order valence-electron chi connectivity index (χ3n) is 3.52. The molecule has 0 saturated heterocycles. The molecule has 122 valence electrons. The van der Waals surface area contributed by atoms with Crippen molar-refractivity contribution in [1.82, 2.24) is 0 Å². The number of nitrogen functional groups attached to an aromatic ring is 1. The van der Waals surface area contributed by atoms with Crippen LogP contribution in [0.4, 0.5) is 11.4 Å². The molecule has 1 amide bonds. The summed E-state index contributed by atoms with van der Waals surface area (Å²) in [6.45, 7) is 4.07. The van der Waals surface area contributed by atoms with Gasteiger partial charge in [-0.15, -0.1) is 0 Å². The number of amides is 1. The molecule has 0 aliphatic rings. The molecule has 1 unspecified atom stereocenters. The SMILES string of the molecule is CCC(C)Oc1ccc(C(=O)Nc2ccc(OC)c(N)c2)cc1. The first kappa shape index (κ1) is 16.7. The topological polar surface area (TPSA) is 73.6 Å². The Labute approximate surface area is 136 Å². The fraction of sp³-hybridized carbons (Fsp3) is 0.278. The van der Waals surface area contributed by atoms with Crippen LogP contribution >= 0.6 is 0 Å². The predicted molar refractivity (Wildman–Crippen MR) is 92.2 cm³/mol. The largest absolute Gasteiger partial charge is 0.495 e. The Morgan fingerprint density at radius 1 is 1.22 bits per heavy atom. The fourth-order valence-corrected chi connectivity index (χ4v) is 2.02. The summed E-state index contributed by atoms with van der Waals surface area (Å²) in [7, 11) is 1.55. The third kappa shape index (κ3) is 4.39. The van der Waals surface area contributed by atoms with Crippen molar-refractivity contribution in [1.29, 1.82) is 0 Å². The van der Waals surface area contributed by atoms with E-state index in [9.17, 15) is 4.79 Å². The lowest BCUT2D eigenvalue weighted by Crippen LogP contribution is -2.13. The van der Waals surface area contributed by atoms with Crippen LogP contribution < -0.4 is 20.5 Å². The summed E-state index contributed by atoms with van der Waals surface area (Å²) >= 11 is 0. The number of hydrogen-bond donors (Lipinski definition) is 2. The monoisotopic (exact) mass is 314 g/mol. The molecule has 0 aliphatic heterocycles. The van der Waals surface area contributed by atoms with Crippen molar-refractivity contribution in [3.63, 3.8) is 0 Å². The van der Waals surface area contributed by atoms with Crippen LogP contribution in [0.5, 0.6) is 11.5 Å². The zero-order valence-corrected chi connectivity index (χ0v) is 13.6. The van der Waals surface area contributed by atoms with E-state index in [-0.39, 0.29) is 12.0 Å². The molecule has 0 radical (unpaired) electrons. The van der Waals surface area contributed by atoms with Gasteiger partial charge in [0.25, 0.3) is 5.91 Å². The van der Waals surface area contributed by atoms with Crippen molar-refractivity contribution >= 4 is 17.3 Å².